The highest BCUT2D eigenvalue weighted by molar-refractivity contribution is 5.92. The van der Waals surface area contributed by atoms with Gasteiger partial charge in [0.05, 0.1) is 5.69 Å². The second-order valence-corrected chi connectivity index (χ2v) is 4.93. The quantitative estimate of drug-likeness (QED) is 0.829. The van der Waals surface area contributed by atoms with E-state index in [0.717, 1.165) is 18.6 Å². The molecule has 8 heteroatoms. The summed E-state index contributed by atoms with van der Waals surface area (Å²) >= 11 is 0. The number of hydrogen-bond donors (Lipinski definition) is 2. The third-order valence-corrected chi connectivity index (χ3v) is 3.18. The number of hydrogen-bond acceptors (Lipinski definition) is 4. The molecule has 0 fully saturated rings. The molecule has 23 heavy (non-hydrogen) atoms. The van der Waals surface area contributed by atoms with Crippen LogP contribution in [-0.4, -0.2) is 22.1 Å². The van der Waals surface area contributed by atoms with Crippen molar-refractivity contribution in [1.82, 2.24) is 15.5 Å². The minimum absolute atomic E-state index is 0.00149. The molecule has 1 atom stereocenters. The molecule has 2 aromatic rings. The summed E-state index contributed by atoms with van der Waals surface area (Å²) in [6.45, 7) is 3.78. The van der Waals surface area contributed by atoms with Gasteiger partial charge in [0.15, 0.2) is 29.0 Å². The van der Waals surface area contributed by atoms with Crippen LogP contribution in [0.4, 0.5) is 24.7 Å². The maximum absolute atomic E-state index is 13.5. The van der Waals surface area contributed by atoms with Gasteiger partial charge >= 0.3 is 0 Å². The Morgan fingerprint density at radius 1 is 1.13 bits per heavy atom. The highest BCUT2D eigenvalue weighted by atomic mass is 19.2. The first-order valence-electron chi connectivity index (χ1n) is 6.97. The molecule has 0 aliphatic carbocycles. The number of carbonyl (C=O) groups excluding carboxylic acids is 1. The highest BCUT2D eigenvalue weighted by Crippen LogP contribution is 2.22. The van der Waals surface area contributed by atoms with Crippen molar-refractivity contribution in [2.75, 3.05) is 5.32 Å². The maximum atomic E-state index is 13.5. The summed E-state index contributed by atoms with van der Waals surface area (Å²) in [7, 11) is 0. The molecule has 0 saturated carbocycles. The van der Waals surface area contributed by atoms with Gasteiger partial charge in [-0.05, 0) is 37.6 Å². The first-order chi connectivity index (χ1) is 10.9. The van der Waals surface area contributed by atoms with E-state index < -0.39 is 17.5 Å². The van der Waals surface area contributed by atoms with E-state index in [0.29, 0.717) is 0 Å². The van der Waals surface area contributed by atoms with E-state index in [9.17, 15) is 18.0 Å². The molecule has 1 amide bonds. The van der Waals surface area contributed by atoms with Crippen LogP contribution in [0, 0.1) is 17.5 Å². The van der Waals surface area contributed by atoms with Crippen LogP contribution in [0.2, 0.25) is 0 Å². The summed E-state index contributed by atoms with van der Waals surface area (Å²) < 4.78 is 39.5. The number of nitrogens with one attached hydrogen (secondary N) is 2. The zero-order chi connectivity index (χ0) is 17.0. The summed E-state index contributed by atoms with van der Waals surface area (Å²) in [6, 6.07) is 4.61. The topological polar surface area (TPSA) is 66.9 Å². The number of aromatic nitrogens is 2. The molecule has 2 rings (SSSR count). The third kappa shape index (κ3) is 3.97. The number of rotatable bonds is 5. The lowest BCUT2D eigenvalue weighted by atomic mass is 10.2. The molecule has 2 N–H and O–H groups in total. The molecule has 1 unspecified atom stereocenters. The van der Waals surface area contributed by atoms with E-state index in [1.54, 1.807) is 0 Å². The van der Waals surface area contributed by atoms with Gasteiger partial charge in [-0.1, -0.05) is 6.92 Å². The molecular weight excluding hydrogens is 309 g/mol. The number of halogens is 3. The van der Waals surface area contributed by atoms with E-state index in [-0.39, 0.29) is 29.1 Å². The Morgan fingerprint density at radius 3 is 2.48 bits per heavy atom. The molecule has 1 aromatic heterocycles. The third-order valence-electron chi connectivity index (χ3n) is 3.18. The fourth-order valence-corrected chi connectivity index (χ4v) is 1.68. The highest BCUT2D eigenvalue weighted by Gasteiger charge is 2.15. The van der Waals surface area contributed by atoms with Gasteiger partial charge in [0.2, 0.25) is 0 Å². The van der Waals surface area contributed by atoms with Crippen molar-refractivity contribution in [3.63, 3.8) is 0 Å². The van der Waals surface area contributed by atoms with Gasteiger partial charge in [0.1, 0.15) is 0 Å². The van der Waals surface area contributed by atoms with Crippen molar-refractivity contribution in [2.45, 2.75) is 26.3 Å². The molecule has 5 nitrogen and oxygen atoms in total. The fraction of sp³-hybridized carbons (Fsp3) is 0.267. The van der Waals surface area contributed by atoms with E-state index in [4.69, 9.17) is 0 Å². The Balaban J connectivity index is 2.12. The summed E-state index contributed by atoms with van der Waals surface area (Å²) in [6.07, 6.45) is 0.772. The first kappa shape index (κ1) is 16.7. The summed E-state index contributed by atoms with van der Waals surface area (Å²) in [5, 5.41) is 12.6. The molecule has 0 radical (unpaired) electrons. The second kappa shape index (κ2) is 7.08. The van der Waals surface area contributed by atoms with Crippen molar-refractivity contribution in [1.29, 1.82) is 0 Å². The van der Waals surface area contributed by atoms with Gasteiger partial charge in [0, 0.05) is 6.04 Å². The van der Waals surface area contributed by atoms with E-state index in [2.05, 4.69) is 20.8 Å². The van der Waals surface area contributed by atoms with Crippen molar-refractivity contribution < 1.29 is 18.0 Å². The standard InChI is InChI=1S/C15H15F3N4O/c1-3-8(2)19-15(23)11-6-7-12(22-21-11)20-10-5-4-9(16)13(17)14(10)18/h4-8H,3H2,1-2H3,(H,19,23)(H,20,22). The summed E-state index contributed by atoms with van der Waals surface area (Å²) in [5.41, 5.74) is -0.184. The fourth-order valence-electron chi connectivity index (χ4n) is 1.68. The van der Waals surface area contributed by atoms with Gasteiger partial charge < -0.3 is 10.6 Å². The molecule has 0 aliphatic heterocycles. The van der Waals surface area contributed by atoms with Crippen molar-refractivity contribution in [3.8, 4) is 0 Å². The molecular formula is C15H15F3N4O. The number of benzene rings is 1. The largest absolute Gasteiger partial charge is 0.348 e. The predicted octanol–water partition coefficient (Wildman–Crippen LogP) is 3.17. The first-order valence-corrected chi connectivity index (χ1v) is 6.97. The van der Waals surface area contributed by atoms with Gasteiger partial charge in [-0.3, -0.25) is 4.79 Å². The van der Waals surface area contributed by atoms with Crippen LogP contribution in [0.5, 0.6) is 0 Å². The SMILES string of the molecule is CCC(C)NC(=O)c1ccc(Nc2ccc(F)c(F)c2F)nn1. The number of anilines is 2. The van der Waals surface area contributed by atoms with E-state index >= 15 is 0 Å². The molecule has 0 aliphatic rings. The zero-order valence-electron chi connectivity index (χ0n) is 12.5. The Kier molecular flexibility index (Phi) is 5.15. The maximum Gasteiger partial charge on any atom is 0.272 e. The zero-order valence-corrected chi connectivity index (χ0v) is 12.5. The average Bonchev–Trinajstić information content (AvgIpc) is 2.55. The second-order valence-electron chi connectivity index (χ2n) is 4.93. The van der Waals surface area contributed by atoms with Crippen molar-refractivity contribution in [2.24, 2.45) is 0 Å². The van der Waals surface area contributed by atoms with Crippen LogP contribution in [0.25, 0.3) is 0 Å². The monoisotopic (exact) mass is 324 g/mol. The molecule has 0 spiro atoms. The Morgan fingerprint density at radius 2 is 1.87 bits per heavy atom. The molecule has 1 aromatic carbocycles. The lowest BCUT2D eigenvalue weighted by Crippen LogP contribution is -2.32. The van der Waals surface area contributed by atoms with Gasteiger partial charge in [-0.25, -0.2) is 13.2 Å². The summed E-state index contributed by atoms with van der Waals surface area (Å²) in [4.78, 5) is 11.8. The molecule has 0 bridgehead atoms. The smallest absolute Gasteiger partial charge is 0.272 e. The molecule has 122 valence electrons. The lowest BCUT2D eigenvalue weighted by molar-refractivity contribution is 0.0933. The van der Waals surface area contributed by atoms with E-state index in [1.165, 1.54) is 12.1 Å². The number of nitrogens with zero attached hydrogens (tertiary/aromatic N) is 2. The van der Waals surface area contributed by atoms with Crippen LogP contribution >= 0.6 is 0 Å². The van der Waals surface area contributed by atoms with E-state index in [1.807, 2.05) is 13.8 Å². The van der Waals surface area contributed by atoms with Gasteiger partial charge in [-0.2, -0.15) is 0 Å². The van der Waals surface area contributed by atoms with Crippen LogP contribution in [0.15, 0.2) is 24.3 Å². The Labute approximate surface area is 130 Å². The summed E-state index contributed by atoms with van der Waals surface area (Å²) in [5.74, 6) is -4.50. The number of amides is 1. The molecule has 0 saturated heterocycles. The van der Waals surface area contributed by atoms with Crippen molar-refractivity contribution >= 4 is 17.4 Å². The van der Waals surface area contributed by atoms with Crippen LogP contribution in [0.3, 0.4) is 0 Å². The normalized spacial score (nSPS) is 11.9. The Hall–Kier alpha value is -2.64. The van der Waals surface area contributed by atoms with Crippen LogP contribution in [-0.2, 0) is 0 Å². The average molecular weight is 324 g/mol. The predicted molar refractivity (Wildman–Crippen MR) is 78.8 cm³/mol. The minimum Gasteiger partial charge on any atom is -0.348 e. The van der Waals surface area contributed by atoms with Gasteiger partial charge in [0.25, 0.3) is 5.91 Å². The minimum atomic E-state index is -1.58. The van der Waals surface area contributed by atoms with Crippen LogP contribution in [0.1, 0.15) is 30.8 Å². The van der Waals surface area contributed by atoms with Crippen LogP contribution < -0.4 is 10.6 Å². The van der Waals surface area contributed by atoms with Gasteiger partial charge in [-0.15, -0.1) is 10.2 Å². The lowest BCUT2D eigenvalue weighted by Gasteiger charge is -2.11. The molecule has 1 heterocycles. The number of carbonyl (C=O) groups is 1. The van der Waals surface area contributed by atoms with Crippen molar-refractivity contribution in [3.05, 3.63) is 47.4 Å². The Bertz CT molecular complexity index is 707.